The molecule has 0 saturated heterocycles. The Labute approximate surface area is 99.8 Å². The Morgan fingerprint density at radius 2 is 1.38 bits per heavy atom. The van der Waals surface area contributed by atoms with Crippen molar-refractivity contribution in [3.63, 3.8) is 0 Å². The van der Waals surface area contributed by atoms with Crippen LogP contribution in [0.25, 0.3) is 0 Å². The molecule has 0 aliphatic rings. The Morgan fingerprint density at radius 1 is 1.00 bits per heavy atom. The first-order valence-electron chi connectivity index (χ1n) is 6.01. The highest BCUT2D eigenvalue weighted by molar-refractivity contribution is 7.53. The molecule has 0 N–H and O–H groups in total. The molecule has 0 radical (unpaired) electrons. The van der Waals surface area contributed by atoms with E-state index in [0.29, 0.717) is 6.29 Å². The normalized spacial score (nSPS) is 13.1. The van der Waals surface area contributed by atoms with Crippen LogP contribution in [-0.4, -0.2) is 36.5 Å². The van der Waals surface area contributed by atoms with Crippen molar-refractivity contribution in [1.82, 2.24) is 4.90 Å². The van der Waals surface area contributed by atoms with E-state index >= 15 is 0 Å². The predicted octanol–water partition coefficient (Wildman–Crippen LogP) is 3.33. The minimum Gasteiger partial charge on any atom is -0.305 e. The molecule has 0 spiro atoms. The maximum Gasteiger partial charge on any atom is 0.345 e. The largest absolute Gasteiger partial charge is 0.345 e. The number of rotatable bonds is 8. The first-order chi connectivity index (χ1) is 7.33. The molecule has 5 heteroatoms. The van der Waals surface area contributed by atoms with Crippen LogP contribution in [0.4, 0.5) is 0 Å². The second-order valence-corrected chi connectivity index (χ2v) is 6.29. The van der Waals surface area contributed by atoms with Crippen LogP contribution in [0.3, 0.4) is 0 Å². The zero-order valence-corrected chi connectivity index (χ0v) is 12.3. The highest BCUT2D eigenvalue weighted by atomic mass is 31.2. The van der Waals surface area contributed by atoms with E-state index in [2.05, 4.69) is 4.90 Å². The van der Waals surface area contributed by atoms with Gasteiger partial charge in [0.2, 0.25) is 0 Å². The van der Waals surface area contributed by atoms with Gasteiger partial charge in [0, 0.05) is 0 Å². The van der Waals surface area contributed by atoms with Gasteiger partial charge in [-0.25, -0.2) is 0 Å². The highest BCUT2D eigenvalue weighted by Crippen LogP contribution is 2.50. The molecular weight excluding hydrogens is 225 g/mol. The van der Waals surface area contributed by atoms with Crippen molar-refractivity contribution in [2.75, 3.05) is 19.4 Å². The van der Waals surface area contributed by atoms with Gasteiger partial charge in [-0.05, 0) is 40.8 Å². The summed E-state index contributed by atoms with van der Waals surface area (Å²) in [4.78, 5) is 2.06. The Morgan fingerprint density at radius 3 is 1.62 bits per heavy atom. The zero-order chi connectivity index (χ0) is 12.8. The monoisotopic (exact) mass is 251 g/mol. The van der Waals surface area contributed by atoms with E-state index < -0.39 is 7.60 Å². The van der Waals surface area contributed by atoms with Crippen molar-refractivity contribution in [3.05, 3.63) is 0 Å². The molecule has 98 valence electrons. The van der Waals surface area contributed by atoms with E-state index in [1.54, 1.807) is 0 Å². The average Bonchev–Trinajstić information content (AvgIpc) is 2.11. The Bertz CT molecular complexity index is 213. The van der Waals surface area contributed by atoms with E-state index in [4.69, 9.17) is 9.05 Å². The number of hydrogen-bond donors (Lipinski definition) is 0. The topological polar surface area (TPSA) is 38.8 Å². The zero-order valence-electron chi connectivity index (χ0n) is 11.4. The predicted molar refractivity (Wildman–Crippen MR) is 67.8 cm³/mol. The van der Waals surface area contributed by atoms with Gasteiger partial charge in [0.25, 0.3) is 0 Å². The molecule has 0 saturated carbocycles. The molecule has 0 bridgehead atoms. The molecule has 4 nitrogen and oxygen atoms in total. The minimum atomic E-state index is -2.99. The summed E-state index contributed by atoms with van der Waals surface area (Å²) in [5.74, 6) is 0. The summed E-state index contributed by atoms with van der Waals surface area (Å²) in [6.45, 7) is 13.3. The molecule has 0 aromatic carbocycles. The summed E-state index contributed by atoms with van der Waals surface area (Å²) in [5, 5.41) is 0. The van der Waals surface area contributed by atoms with Gasteiger partial charge in [0.05, 0.1) is 12.2 Å². The fourth-order valence-electron chi connectivity index (χ4n) is 1.40. The van der Waals surface area contributed by atoms with Gasteiger partial charge in [-0.3, -0.25) is 9.46 Å². The lowest BCUT2D eigenvalue weighted by Crippen LogP contribution is -2.26. The number of hydrogen-bond acceptors (Lipinski definition) is 4. The lowest BCUT2D eigenvalue weighted by Gasteiger charge is -2.27. The maximum atomic E-state index is 12.5. The molecule has 0 fully saturated rings. The van der Waals surface area contributed by atoms with Gasteiger partial charge >= 0.3 is 7.60 Å². The fraction of sp³-hybridized carbons (Fsp3) is 1.00. The second-order valence-electron chi connectivity index (χ2n) is 4.36. The summed E-state index contributed by atoms with van der Waals surface area (Å²) in [6, 6.07) is 0. The van der Waals surface area contributed by atoms with E-state index in [1.165, 1.54) is 0 Å². The van der Waals surface area contributed by atoms with Crippen LogP contribution in [0.1, 0.15) is 41.5 Å². The summed E-state index contributed by atoms with van der Waals surface area (Å²) >= 11 is 0. The van der Waals surface area contributed by atoms with Crippen molar-refractivity contribution < 1.29 is 13.6 Å². The molecule has 0 unspecified atom stereocenters. The van der Waals surface area contributed by atoms with Crippen molar-refractivity contribution in [3.8, 4) is 0 Å². The third-order valence-electron chi connectivity index (χ3n) is 2.01. The van der Waals surface area contributed by atoms with E-state index in [0.717, 1.165) is 13.1 Å². The minimum absolute atomic E-state index is 0.0832. The van der Waals surface area contributed by atoms with Crippen LogP contribution in [0, 0.1) is 0 Å². The standard InChI is InChI=1S/C11H26NO3P/c1-7-12(8-2)9-16(13,14-10(3)4)15-11(5)6/h10-11H,7-9H2,1-6H3. The summed E-state index contributed by atoms with van der Waals surface area (Å²) in [5.41, 5.74) is 0. The van der Waals surface area contributed by atoms with Crippen molar-refractivity contribution >= 4 is 7.60 Å². The molecular formula is C11H26NO3P. The SMILES string of the molecule is CCN(CC)CP(=O)(OC(C)C)OC(C)C. The highest BCUT2D eigenvalue weighted by Gasteiger charge is 2.29. The molecule has 0 atom stereocenters. The average molecular weight is 251 g/mol. The van der Waals surface area contributed by atoms with Crippen LogP contribution < -0.4 is 0 Å². The van der Waals surface area contributed by atoms with Crippen LogP contribution in [0.15, 0.2) is 0 Å². The summed E-state index contributed by atoms with van der Waals surface area (Å²) < 4.78 is 23.4. The molecule has 16 heavy (non-hydrogen) atoms. The van der Waals surface area contributed by atoms with Crippen molar-refractivity contribution in [2.24, 2.45) is 0 Å². The van der Waals surface area contributed by atoms with E-state index in [1.807, 2.05) is 41.5 Å². The molecule has 0 rings (SSSR count). The second kappa shape index (κ2) is 7.44. The lowest BCUT2D eigenvalue weighted by molar-refractivity contribution is 0.131. The third kappa shape index (κ3) is 6.64. The van der Waals surface area contributed by atoms with Gasteiger partial charge in [-0.15, -0.1) is 0 Å². The van der Waals surface area contributed by atoms with Gasteiger partial charge in [-0.2, -0.15) is 0 Å². The number of nitrogens with zero attached hydrogens (tertiary/aromatic N) is 1. The van der Waals surface area contributed by atoms with Crippen LogP contribution in [-0.2, 0) is 13.6 Å². The van der Waals surface area contributed by atoms with Crippen LogP contribution >= 0.6 is 7.60 Å². The first kappa shape index (κ1) is 16.1. The molecule has 0 aromatic rings. The molecule has 0 amide bonds. The Hall–Kier alpha value is 0.110. The molecule has 0 aliphatic heterocycles. The van der Waals surface area contributed by atoms with Gasteiger partial charge in [0.15, 0.2) is 0 Å². The molecule has 0 aromatic heterocycles. The lowest BCUT2D eigenvalue weighted by atomic mass is 10.5. The van der Waals surface area contributed by atoms with Crippen molar-refractivity contribution in [1.29, 1.82) is 0 Å². The van der Waals surface area contributed by atoms with Crippen LogP contribution in [0.2, 0.25) is 0 Å². The Kier molecular flexibility index (Phi) is 7.49. The van der Waals surface area contributed by atoms with Crippen LogP contribution in [0.5, 0.6) is 0 Å². The van der Waals surface area contributed by atoms with Gasteiger partial charge < -0.3 is 9.05 Å². The summed E-state index contributed by atoms with van der Waals surface area (Å²) in [6.07, 6.45) is 0.205. The maximum absolute atomic E-state index is 12.5. The molecule has 0 aliphatic carbocycles. The fourth-order valence-corrected chi connectivity index (χ4v) is 3.76. The Balaban J connectivity index is 4.58. The van der Waals surface area contributed by atoms with Gasteiger partial charge in [-0.1, -0.05) is 13.8 Å². The van der Waals surface area contributed by atoms with Gasteiger partial charge in [0.1, 0.15) is 6.29 Å². The molecule has 0 heterocycles. The summed E-state index contributed by atoms with van der Waals surface area (Å²) in [7, 11) is -2.99. The third-order valence-corrected chi connectivity index (χ3v) is 4.24. The van der Waals surface area contributed by atoms with E-state index in [9.17, 15) is 4.57 Å². The quantitative estimate of drug-likeness (QED) is 0.620. The first-order valence-corrected chi connectivity index (χ1v) is 7.74. The van der Waals surface area contributed by atoms with E-state index in [-0.39, 0.29) is 12.2 Å². The van der Waals surface area contributed by atoms with Crippen molar-refractivity contribution in [2.45, 2.75) is 53.8 Å². The smallest absolute Gasteiger partial charge is 0.305 e.